The van der Waals surface area contributed by atoms with Gasteiger partial charge in [0.2, 0.25) is 0 Å². The van der Waals surface area contributed by atoms with Gasteiger partial charge in [-0.25, -0.2) is 0 Å². The smallest absolute Gasteiger partial charge is 0.0816 e. The standard InChI is InChI=1S/C16H26N2S/c1-12(2)10-18(13(3)4)11-15(16(17)19)14-8-6-5-7-9-14/h5-9,12-13,15H,10-11H2,1-4H3,(H2,17,19). The number of benzene rings is 1. The molecule has 1 rings (SSSR count). The summed E-state index contributed by atoms with van der Waals surface area (Å²) in [6.07, 6.45) is 0. The third-order valence-corrected chi connectivity index (χ3v) is 3.58. The summed E-state index contributed by atoms with van der Waals surface area (Å²) in [6.45, 7) is 10.9. The van der Waals surface area contributed by atoms with Gasteiger partial charge in [0.25, 0.3) is 0 Å². The van der Waals surface area contributed by atoms with Crippen LogP contribution in [0.15, 0.2) is 30.3 Å². The van der Waals surface area contributed by atoms with Gasteiger partial charge in [-0.1, -0.05) is 56.4 Å². The van der Waals surface area contributed by atoms with Crippen molar-refractivity contribution in [2.45, 2.75) is 39.7 Å². The summed E-state index contributed by atoms with van der Waals surface area (Å²) in [5.74, 6) is 0.780. The molecule has 2 N–H and O–H groups in total. The number of nitrogens with two attached hydrogens (primary N) is 1. The minimum atomic E-state index is 0.136. The molecule has 19 heavy (non-hydrogen) atoms. The molecule has 0 aliphatic rings. The molecule has 0 amide bonds. The average molecular weight is 278 g/mol. The molecule has 0 aromatic heterocycles. The van der Waals surface area contributed by atoms with Crippen LogP contribution in [0, 0.1) is 5.92 Å². The van der Waals surface area contributed by atoms with E-state index in [1.807, 2.05) is 18.2 Å². The van der Waals surface area contributed by atoms with E-state index < -0.39 is 0 Å². The van der Waals surface area contributed by atoms with Crippen molar-refractivity contribution in [2.75, 3.05) is 13.1 Å². The molecule has 0 heterocycles. The maximum Gasteiger partial charge on any atom is 0.0816 e. The van der Waals surface area contributed by atoms with Gasteiger partial charge in [-0.3, -0.25) is 4.90 Å². The Morgan fingerprint density at radius 2 is 1.68 bits per heavy atom. The van der Waals surface area contributed by atoms with E-state index in [1.54, 1.807) is 0 Å². The van der Waals surface area contributed by atoms with Crippen LogP contribution in [-0.4, -0.2) is 29.0 Å². The molecule has 0 radical (unpaired) electrons. The molecule has 0 aliphatic carbocycles. The van der Waals surface area contributed by atoms with Crippen LogP contribution < -0.4 is 5.73 Å². The largest absolute Gasteiger partial charge is 0.393 e. The summed E-state index contributed by atoms with van der Waals surface area (Å²) in [6, 6.07) is 10.8. The van der Waals surface area contributed by atoms with E-state index in [0.29, 0.717) is 16.9 Å². The number of hydrogen-bond donors (Lipinski definition) is 1. The molecule has 0 saturated heterocycles. The van der Waals surface area contributed by atoms with Gasteiger partial charge in [-0.05, 0) is 25.3 Å². The molecule has 0 bridgehead atoms. The van der Waals surface area contributed by atoms with Crippen LogP contribution in [0.3, 0.4) is 0 Å². The van der Waals surface area contributed by atoms with Crippen LogP contribution in [-0.2, 0) is 0 Å². The minimum Gasteiger partial charge on any atom is -0.393 e. The van der Waals surface area contributed by atoms with E-state index in [2.05, 4.69) is 44.7 Å². The predicted molar refractivity (Wildman–Crippen MR) is 87.5 cm³/mol. The number of thiocarbonyl (C=S) groups is 1. The number of hydrogen-bond acceptors (Lipinski definition) is 2. The summed E-state index contributed by atoms with van der Waals surface area (Å²) in [5.41, 5.74) is 7.17. The molecule has 0 fully saturated rings. The lowest BCUT2D eigenvalue weighted by Crippen LogP contribution is -2.40. The highest BCUT2D eigenvalue weighted by atomic mass is 32.1. The van der Waals surface area contributed by atoms with Crippen molar-refractivity contribution in [3.05, 3.63) is 35.9 Å². The first-order valence-electron chi connectivity index (χ1n) is 7.00. The fraction of sp³-hybridized carbons (Fsp3) is 0.562. The van der Waals surface area contributed by atoms with Gasteiger partial charge >= 0.3 is 0 Å². The second-order valence-electron chi connectivity index (χ2n) is 5.81. The van der Waals surface area contributed by atoms with Crippen LogP contribution in [0.5, 0.6) is 0 Å². The molecule has 106 valence electrons. The van der Waals surface area contributed by atoms with Crippen LogP contribution in [0.4, 0.5) is 0 Å². The Labute approximate surface area is 123 Å². The molecule has 2 nitrogen and oxygen atoms in total. The first kappa shape index (κ1) is 16.1. The van der Waals surface area contributed by atoms with Crippen LogP contribution in [0.2, 0.25) is 0 Å². The highest BCUT2D eigenvalue weighted by Gasteiger charge is 2.20. The van der Waals surface area contributed by atoms with Crippen LogP contribution in [0.25, 0.3) is 0 Å². The lowest BCUT2D eigenvalue weighted by atomic mass is 9.97. The highest BCUT2D eigenvalue weighted by Crippen LogP contribution is 2.19. The molecular formula is C16H26N2S. The zero-order chi connectivity index (χ0) is 14.4. The van der Waals surface area contributed by atoms with Crippen molar-refractivity contribution < 1.29 is 0 Å². The molecule has 1 atom stereocenters. The van der Waals surface area contributed by atoms with Crippen LogP contribution >= 0.6 is 12.2 Å². The predicted octanol–water partition coefficient (Wildman–Crippen LogP) is 3.42. The van der Waals surface area contributed by atoms with Gasteiger partial charge in [0.1, 0.15) is 0 Å². The van der Waals surface area contributed by atoms with E-state index in [9.17, 15) is 0 Å². The Balaban J connectivity index is 2.85. The zero-order valence-corrected chi connectivity index (χ0v) is 13.3. The monoisotopic (exact) mass is 278 g/mol. The summed E-state index contributed by atoms with van der Waals surface area (Å²) in [7, 11) is 0. The molecule has 1 unspecified atom stereocenters. The van der Waals surface area contributed by atoms with Gasteiger partial charge in [0.05, 0.1) is 4.99 Å². The maximum atomic E-state index is 5.95. The highest BCUT2D eigenvalue weighted by molar-refractivity contribution is 7.80. The first-order chi connectivity index (χ1) is 8.91. The molecule has 0 saturated carbocycles. The fourth-order valence-electron chi connectivity index (χ4n) is 2.24. The van der Waals surface area contributed by atoms with E-state index in [4.69, 9.17) is 18.0 Å². The molecule has 0 spiro atoms. The van der Waals surface area contributed by atoms with Gasteiger partial charge < -0.3 is 5.73 Å². The second kappa shape index (κ2) is 7.61. The lowest BCUT2D eigenvalue weighted by Gasteiger charge is -2.32. The minimum absolute atomic E-state index is 0.136. The Hall–Kier alpha value is -0.930. The summed E-state index contributed by atoms with van der Waals surface area (Å²) >= 11 is 5.27. The first-order valence-corrected chi connectivity index (χ1v) is 7.41. The Morgan fingerprint density at radius 3 is 2.11 bits per heavy atom. The Kier molecular flexibility index (Phi) is 6.46. The van der Waals surface area contributed by atoms with Crippen molar-refractivity contribution >= 4 is 17.2 Å². The van der Waals surface area contributed by atoms with Crippen molar-refractivity contribution in [3.63, 3.8) is 0 Å². The van der Waals surface area contributed by atoms with Gasteiger partial charge in [0.15, 0.2) is 0 Å². The SMILES string of the molecule is CC(C)CN(CC(C(N)=S)c1ccccc1)C(C)C. The third-order valence-electron chi connectivity index (χ3n) is 3.29. The molecule has 1 aromatic carbocycles. The second-order valence-corrected chi connectivity index (χ2v) is 6.28. The van der Waals surface area contributed by atoms with Crippen molar-refractivity contribution in [1.29, 1.82) is 0 Å². The molecule has 0 aliphatic heterocycles. The van der Waals surface area contributed by atoms with Crippen molar-refractivity contribution in [3.8, 4) is 0 Å². The lowest BCUT2D eigenvalue weighted by molar-refractivity contribution is 0.196. The van der Waals surface area contributed by atoms with E-state index in [1.165, 1.54) is 5.56 Å². The Bertz CT molecular complexity index is 387. The van der Waals surface area contributed by atoms with Crippen molar-refractivity contribution in [2.24, 2.45) is 11.7 Å². The van der Waals surface area contributed by atoms with E-state index in [-0.39, 0.29) is 5.92 Å². The zero-order valence-electron chi connectivity index (χ0n) is 12.5. The van der Waals surface area contributed by atoms with Gasteiger partial charge in [-0.15, -0.1) is 0 Å². The molecular weight excluding hydrogens is 252 g/mol. The number of nitrogens with zero attached hydrogens (tertiary/aromatic N) is 1. The van der Waals surface area contributed by atoms with E-state index in [0.717, 1.165) is 13.1 Å². The van der Waals surface area contributed by atoms with Gasteiger partial charge in [-0.2, -0.15) is 0 Å². The van der Waals surface area contributed by atoms with Crippen molar-refractivity contribution in [1.82, 2.24) is 4.90 Å². The van der Waals surface area contributed by atoms with Crippen LogP contribution in [0.1, 0.15) is 39.2 Å². The quantitative estimate of drug-likeness (QED) is 0.775. The summed E-state index contributed by atoms with van der Waals surface area (Å²) in [5, 5.41) is 0. The maximum absolute atomic E-state index is 5.95. The van der Waals surface area contributed by atoms with Gasteiger partial charge in [0, 0.05) is 25.0 Å². The number of rotatable bonds is 7. The third kappa shape index (κ3) is 5.29. The average Bonchev–Trinajstić information content (AvgIpc) is 2.34. The van der Waals surface area contributed by atoms with E-state index >= 15 is 0 Å². The Morgan fingerprint density at radius 1 is 1.11 bits per heavy atom. The topological polar surface area (TPSA) is 29.3 Å². The normalized spacial score (nSPS) is 13.2. The molecule has 1 aromatic rings. The summed E-state index contributed by atoms with van der Waals surface area (Å²) < 4.78 is 0. The summed E-state index contributed by atoms with van der Waals surface area (Å²) in [4.78, 5) is 3.04. The molecule has 3 heteroatoms. The fourth-order valence-corrected chi connectivity index (χ4v) is 2.46.